The van der Waals surface area contributed by atoms with Gasteiger partial charge in [0.1, 0.15) is 17.7 Å². The Balaban J connectivity index is 1.40. The number of aromatic hydroxyl groups is 1. The number of non-ortho nitro benzene ring substituents is 1. The number of nitro benzene ring substituents is 1. The molecule has 10 heteroatoms. The summed E-state index contributed by atoms with van der Waals surface area (Å²) in [5.74, 6) is 0.185. The van der Waals surface area contributed by atoms with E-state index in [4.69, 9.17) is 4.74 Å². The molecular weight excluding hydrogens is 402 g/mol. The molecule has 1 aliphatic heterocycles. The molecule has 3 N–H and O–H groups in total. The minimum Gasteiger partial charge on any atom is -0.504 e. The van der Waals surface area contributed by atoms with Gasteiger partial charge in [-0.25, -0.2) is 9.97 Å². The van der Waals surface area contributed by atoms with Crippen LogP contribution in [0.3, 0.4) is 0 Å². The molecule has 0 fully saturated rings. The van der Waals surface area contributed by atoms with E-state index in [0.29, 0.717) is 35.4 Å². The lowest BCUT2D eigenvalue weighted by Crippen LogP contribution is -2.29. The van der Waals surface area contributed by atoms with Crippen LogP contribution in [-0.4, -0.2) is 44.6 Å². The molecule has 0 atom stereocenters. The highest BCUT2D eigenvalue weighted by Crippen LogP contribution is 2.43. The molecule has 4 rings (SSSR count). The molecule has 0 spiro atoms. The second-order valence-corrected chi connectivity index (χ2v) is 7.85. The lowest BCUT2D eigenvalue weighted by molar-refractivity contribution is -0.384. The van der Waals surface area contributed by atoms with Crippen LogP contribution in [0.25, 0.3) is 10.9 Å². The SMILES string of the molecule is CC1(C)Cc2ccc(C(=O)NCCNc3ncnc4ccc([N+](=O)[O-])cc34)c(O)c2O1. The summed E-state index contributed by atoms with van der Waals surface area (Å²) in [4.78, 5) is 31.3. The Kier molecular flexibility index (Phi) is 5.05. The number of carbonyl (C=O) groups excluding carboxylic acids is 1. The van der Waals surface area contributed by atoms with E-state index >= 15 is 0 Å². The van der Waals surface area contributed by atoms with Gasteiger partial charge in [0.15, 0.2) is 11.5 Å². The van der Waals surface area contributed by atoms with Crippen LogP contribution in [0.4, 0.5) is 11.5 Å². The van der Waals surface area contributed by atoms with E-state index in [0.717, 1.165) is 5.56 Å². The Morgan fingerprint density at radius 3 is 2.84 bits per heavy atom. The molecule has 1 aliphatic rings. The predicted octanol–water partition coefficient (Wildman–Crippen LogP) is 2.80. The van der Waals surface area contributed by atoms with Crippen LogP contribution in [0, 0.1) is 10.1 Å². The molecule has 1 amide bonds. The summed E-state index contributed by atoms with van der Waals surface area (Å²) in [5.41, 5.74) is 1.09. The zero-order valence-electron chi connectivity index (χ0n) is 17.0. The van der Waals surface area contributed by atoms with E-state index in [1.54, 1.807) is 18.2 Å². The molecule has 10 nitrogen and oxygen atoms in total. The number of carbonyl (C=O) groups is 1. The van der Waals surface area contributed by atoms with Crippen LogP contribution in [0.15, 0.2) is 36.7 Å². The largest absolute Gasteiger partial charge is 0.504 e. The summed E-state index contributed by atoms with van der Waals surface area (Å²) in [5, 5.41) is 27.8. The highest BCUT2D eigenvalue weighted by atomic mass is 16.6. The third kappa shape index (κ3) is 4.04. The number of amides is 1. The van der Waals surface area contributed by atoms with Crippen molar-refractivity contribution in [2.45, 2.75) is 25.9 Å². The summed E-state index contributed by atoms with van der Waals surface area (Å²) < 4.78 is 5.76. The number of hydrogen-bond acceptors (Lipinski definition) is 8. The number of fused-ring (bicyclic) bond motifs is 2. The highest BCUT2D eigenvalue weighted by molar-refractivity contribution is 5.98. The Bertz CT molecular complexity index is 1190. The van der Waals surface area contributed by atoms with Gasteiger partial charge in [0.25, 0.3) is 11.6 Å². The molecule has 0 saturated heterocycles. The Labute approximate surface area is 177 Å². The number of phenolic OH excluding ortho intramolecular Hbond substituents is 1. The summed E-state index contributed by atoms with van der Waals surface area (Å²) in [6.45, 7) is 4.39. The van der Waals surface area contributed by atoms with Crippen LogP contribution in [0.2, 0.25) is 0 Å². The van der Waals surface area contributed by atoms with Gasteiger partial charge in [-0.1, -0.05) is 6.07 Å². The number of benzene rings is 2. The van der Waals surface area contributed by atoms with Gasteiger partial charge in [0.2, 0.25) is 0 Å². The fourth-order valence-electron chi connectivity index (χ4n) is 3.57. The molecule has 3 aromatic rings. The van der Waals surface area contributed by atoms with Gasteiger partial charge in [-0.15, -0.1) is 0 Å². The number of nitrogens with zero attached hydrogens (tertiary/aromatic N) is 3. The molecule has 0 radical (unpaired) electrons. The van der Waals surface area contributed by atoms with E-state index in [1.165, 1.54) is 18.5 Å². The average molecular weight is 423 g/mol. The Hall–Kier alpha value is -3.95. The van der Waals surface area contributed by atoms with Crippen molar-refractivity contribution < 1.29 is 19.6 Å². The normalized spacial score (nSPS) is 14.0. The van der Waals surface area contributed by atoms with Crippen LogP contribution in [-0.2, 0) is 6.42 Å². The fourth-order valence-corrected chi connectivity index (χ4v) is 3.57. The fraction of sp³-hybridized carbons (Fsp3) is 0.286. The van der Waals surface area contributed by atoms with Gasteiger partial charge in [-0.2, -0.15) is 0 Å². The first-order chi connectivity index (χ1) is 14.7. The topological polar surface area (TPSA) is 140 Å². The van der Waals surface area contributed by atoms with Crippen molar-refractivity contribution in [3.8, 4) is 11.5 Å². The zero-order valence-corrected chi connectivity index (χ0v) is 17.0. The van der Waals surface area contributed by atoms with E-state index in [-0.39, 0.29) is 23.5 Å². The van der Waals surface area contributed by atoms with Gasteiger partial charge in [-0.3, -0.25) is 14.9 Å². The van der Waals surface area contributed by atoms with Crippen LogP contribution >= 0.6 is 0 Å². The molecule has 0 unspecified atom stereocenters. The van der Waals surface area contributed by atoms with E-state index in [9.17, 15) is 20.0 Å². The maximum Gasteiger partial charge on any atom is 0.270 e. The van der Waals surface area contributed by atoms with Gasteiger partial charge in [0, 0.05) is 42.6 Å². The summed E-state index contributed by atoms with van der Waals surface area (Å²) in [6.07, 6.45) is 2.02. The second-order valence-electron chi connectivity index (χ2n) is 7.85. The molecular formula is C21H21N5O5. The van der Waals surface area contributed by atoms with E-state index < -0.39 is 16.4 Å². The lowest BCUT2D eigenvalue weighted by Gasteiger charge is -2.17. The molecule has 160 valence electrons. The summed E-state index contributed by atoms with van der Waals surface area (Å²) >= 11 is 0. The maximum atomic E-state index is 12.5. The van der Waals surface area contributed by atoms with Crippen LogP contribution < -0.4 is 15.4 Å². The molecule has 0 saturated carbocycles. The van der Waals surface area contributed by atoms with Crippen molar-refractivity contribution in [3.63, 3.8) is 0 Å². The Morgan fingerprint density at radius 2 is 2.06 bits per heavy atom. The van der Waals surface area contributed by atoms with E-state index in [1.807, 2.05) is 13.8 Å². The standard InChI is InChI=1S/C21H21N5O5/c1-21(2)10-12-3-5-14(17(27)18(12)31-21)20(28)23-8-7-22-19-15-9-13(26(29)30)4-6-16(15)24-11-25-19/h3-6,9,11,27H,7-8,10H2,1-2H3,(H,23,28)(H,22,24,25). The number of nitro groups is 1. The number of nitrogens with one attached hydrogen (secondary N) is 2. The zero-order chi connectivity index (χ0) is 22.2. The number of phenols is 1. The third-order valence-electron chi connectivity index (χ3n) is 4.98. The van der Waals surface area contributed by atoms with Crippen molar-refractivity contribution in [1.29, 1.82) is 0 Å². The van der Waals surface area contributed by atoms with Crippen LogP contribution in [0.1, 0.15) is 29.8 Å². The van der Waals surface area contributed by atoms with E-state index in [2.05, 4.69) is 20.6 Å². The summed E-state index contributed by atoms with van der Waals surface area (Å²) in [6, 6.07) is 7.71. The number of anilines is 1. The third-order valence-corrected chi connectivity index (χ3v) is 4.98. The molecule has 0 aliphatic carbocycles. The highest BCUT2D eigenvalue weighted by Gasteiger charge is 2.33. The number of rotatable bonds is 6. The Morgan fingerprint density at radius 1 is 1.26 bits per heavy atom. The second kappa shape index (κ2) is 7.71. The van der Waals surface area contributed by atoms with Crippen molar-refractivity contribution in [2.24, 2.45) is 0 Å². The predicted molar refractivity (Wildman–Crippen MR) is 114 cm³/mol. The molecule has 2 aromatic carbocycles. The number of ether oxygens (including phenoxy) is 1. The smallest absolute Gasteiger partial charge is 0.270 e. The molecule has 0 bridgehead atoms. The monoisotopic (exact) mass is 423 g/mol. The summed E-state index contributed by atoms with van der Waals surface area (Å²) in [7, 11) is 0. The maximum absolute atomic E-state index is 12.5. The van der Waals surface area contributed by atoms with Crippen molar-refractivity contribution in [1.82, 2.24) is 15.3 Å². The molecule has 31 heavy (non-hydrogen) atoms. The van der Waals surface area contributed by atoms with Gasteiger partial charge < -0.3 is 20.5 Å². The average Bonchev–Trinajstić information content (AvgIpc) is 3.06. The van der Waals surface area contributed by atoms with Gasteiger partial charge in [-0.05, 0) is 26.0 Å². The van der Waals surface area contributed by atoms with Crippen LogP contribution in [0.5, 0.6) is 11.5 Å². The van der Waals surface area contributed by atoms with Gasteiger partial charge >= 0.3 is 0 Å². The van der Waals surface area contributed by atoms with Crippen molar-refractivity contribution in [2.75, 3.05) is 18.4 Å². The first-order valence-corrected chi connectivity index (χ1v) is 9.70. The quantitative estimate of drug-likeness (QED) is 0.312. The van der Waals surface area contributed by atoms with Crippen molar-refractivity contribution >= 4 is 28.3 Å². The molecule has 2 heterocycles. The lowest BCUT2D eigenvalue weighted by atomic mass is 10.0. The first-order valence-electron chi connectivity index (χ1n) is 9.70. The number of hydrogen-bond donors (Lipinski definition) is 3. The first kappa shape index (κ1) is 20.3. The minimum atomic E-state index is -0.482. The minimum absolute atomic E-state index is 0.0591. The molecule has 1 aromatic heterocycles. The number of aromatic nitrogens is 2. The van der Waals surface area contributed by atoms with Crippen molar-refractivity contribution in [3.05, 3.63) is 57.9 Å². The van der Waals surface area contributed by atoms with Gasteiger partial charge in [0.05, 0.1) is 16.0 Å².